The molecule has 0 amide bonds. The van der Waals surface area contributed by atoms with Crippen LogP contribution in [0.1, 0.15) is 30.8 Å². The first-order valence-corrected chi connectivity index (χ1v) is 9.00. The van der Waals surface area contributed by atoms with Gasteiger partial charge in [-0.1, -0.05) is 25.4 Å². The largest absolute Gasteiger partial charge is 0.276 e. The van der Waals surface area contributed by atoms with E-state index in [1.54, 1.807) is 23.7 Å². The lowest BCUT2D eigenvalue weighted by molar-refractivity contribution is 0.601. The summed E-state index contributed by atoms with van der Waals surface area (Å²) in [6.45, 7) is 5.70. The molecule has 0 aliphatic rings. The Balaban J connectivity index is 2.47. The predicted octanol–water partition coefficient (Wildman–Crippen LogP) is 3.31. The van der Waals surface area contributed by atoms with Gasteiger partial charge >= 0.3 is 0 Å². The molecule has 0 aliphatic carbocycles. The van der Waals surface area contributed by atoms with E-state index in [-0.39, 0.29) is 4.90 Å². The molecular weight excluding hydrogens is 322 g/mol. The first-order valence-electron chi connectivity index (χ1n) is 7.13. The summed E-state index contributed by atoms with van der Waals surface area (Å²) in [4.78, 5) is 0.197. The molecule has 1 heterocycles. The Morgan fingerprint density at radius 2 is 1.95 bits per heavy atom. The number of halogens is 1. The van der Waals surface area contributed by atoms with E-state index in [0.29, 0.717) is 23.6 Å². The van der Waals surface area contributed by atoms with Gasteiger partial charge in [-0.15, -0.1) is 0 Å². The van der Waals surface area contributed by atoms with Crippen molar-refractivity contribution in [3.8, 4) is 0 Å². The Morgan fingerprint density at radius 1 is 1.27 bits per heavy atom. The fraction of sp³-hybridized carbons (Fsp3) is 0.400. The molecule has 0 atom stereocenters. The maximum absolute atomic E-state index is 12.6. The molecule has 1 aromatic heterocycles. The number of anilines is 1. The van der Waals surface area contributed by atoms with Crippen molar-refractivity contribution >= 4 is 27.3 Å². The van der Waals surface area contributed by atoms with Crippen LogP contribution in [0.3, 0.4) is 0 Å². The number of nitrogens with one attached hydrogen (secondary N) is 1. The van der Waals surface area contributed by atoms with Crippen LogP contribution in [0.15, 0.2) is 23.1 Å². The zero-order chi connectivity index (χ0) is 16.5. The summed E-state index contributed by atoms with van der Waals surface area (Å²) in [6.07, 6.45) is 1.35. The van der Waals surface area contributed by atoms with Gasteiger partial charge in [0.05, 0.1) is 22.0 Å². The first kappa shape index (κ1) is 16.8. The molecule has 0 unspecified atom stereocenters. The minimum absolute atomic E-state index is 0.197. The number of hydrogen-bond acceptors (Lipinski definition) is 3. The summed E-state index contributed by atoms with van der Waals surface area (Å²) in [5.74, 6) is 0. The molecule has 0 saturated heterocycles. The maximum Gasteiger partial charge on any atom is 0.262 e. The quantitative estimate of drug-likeness (QED) is 0.907. The molecule has 0 spiro atoms. The van der Waals surface area contributed by atoms with E-state index in [1.165, 1.54) is 6.07 Å². The van der Waals surface area contributed by atoms with Gasteiger partial charge in [-0.2, -0.15) is 5.10 Å². The molecule has 120 valence electrons. The van der Waals surface area contributed by atoms with Crippen molar-refractivity contribution in [1.29, 1.82) is 0 Å². The Kier molecular flexibility index (Phi) is 4.82. The third-order valence-corrected chi connectivity index (χ3v) is 5.36. The van der Waals surface area contributed by atoms with E-state index < -0.39 is 10.0 Å². The molecule has 22 heavy (non-hydrogen) atoms. The smallest absolute Gasteiger partial charge is 0.262 e. The lowest BCUT2D eigenvalue weighted by Gasteiger charge is -2.11. The zero-order valence-corrected chi connectivity index (χ0v) is 14.7. The van der Waals surface area contributed by atoms with Crippen LogP contribution < -0.4 is 4.72 Å². The zero-order valence-electron chi connectivity index (χ0n) is 13.1. The van der Waals surface area contributed by atoms with Crippen molar-refractivity contribution in [1.82, 2.24) is 9.78 Å². The van der Waals surface area contributed by atoms with Gasteiger partial charge in [-0.3, -0.25) is 9.40 Å². The third-order valence-electron chi connectivity index (χ3n) is 3.58. The normalized spacial score (nSPS) is 11.7. The Labute approximate surface area is 136 Å². The van der Waals surface area contributed by atoms with Crippen LogP contribution in [0.25, 0.3) is 0 Å². The lowest BCUT2D eigenvalue weighted by atomic mass is 10.2. The summed E-state index contributed by atoms with van der Waals surface area (Å²) in [5, 5.41) is 4.92. The van der Waals surface area contributed by atoms with Crippen molar-refractivity contribution in [3.05, 3.63) is 40.2 Å². The molecule has 0 aliphatic heterocycles. The van der Waals surface area contributed by atoms with Gasteiger partial charge in [-0.25, -0.2) is 8.42 Å². The highest BCUT2D eigenvalue weighted by Crippen LogP contribution is 2.26. The SMILES string of the molecule is CCc1nn(C)c(CC)c1NS(=O)(=O)c1ccc(Cl)c(C)c1. The maximum atomic E-state index is 12.6. The Morgan fingerprint density at radius 3 is 2.50 bits per heavy atom. The molecule has 2 aromatic rings. The van der Waals surface area contributed by atoms with Crippen molar-refractivity contribution in [2.75, 3.05) is 4.72 Å². The van der Waals surface area contributed by atoms with Crippen LogP contribution in [0, 0.1) is 6.92 Å². The lowest BCUT2D eigenvalue weighted by Crippen LogP contribution is -2.15. The highest BCUT2D eigenvalue weighted by Gasteiger charge is 2.21. The molecular formula is C15H20ClN3O2S. The van der Waals surface area contributed by atoms with Crippen molar-refractivity contribution in [3.63, 3.8) is 0 Å². The summed E-state index contributed by atoms with van der Waals surface area (Å²) in [7, 11) is -1.84. The van der Waals surface area contributed by atoms with Crippen LogP contribution in [0.2, 0.25) is 5.02 Å². The second-order valence-electron chi connectivity index (χ2n) is 5.12. The standard InChI is InChI=1S/C15H20ClN3O2S/c1-5-13-15(14(6-2)19(4)17-13)18-22(20,21)11-7-8-12(16)10(3)9-11/h7-9,18H,5-6H2,1-4H3. The molecule has 0 radical (unpaired) electrons. The molecule has 1 aromatic carbocycles. The highest BCUT2D eigenvalue weighted by molar-refractivity contribution is 7.92. The fourth-order valence-corrected chi connectivity index (χ4v) is 3.69. The predicted molar refractivity (Wildman–Crippen MR) is 89.0 cm³/mol. The van der Waals surface area contributed by atoms with Crippen molar-refractivity contribution in [2.45, 2.75) is 38.5 Å². The summed E-state index contributed by atoms with van der Waals surface area (Å²) < 4.78 is 29.7. The second-order valence-corrected chi connectivity index (χ2v) is 7.21. The second kappa shape index (κ2) is 6.30. The van der Waals surface area contributed by atoms with E-state index in [9.17, 15) is 8.42 Å². The van der Waals surface area contributed by atoms with Crippen LogP contribution in [0.5, 0.6) is 0 Å². The van der Waals surface area contributed by atoms with Crippen molar-refractivity contribution < 1.29 is 8.42 Å². The summed E-state index contributed by atoms with van der Waals surface area (Å²) in [6, 6.07) is 4.67. The van der Waals surface area contributed by atoms with Gasteiger partial charge in [0.2, 0.25) is 0 Å². The number of aromatic nitrogens is 2. The van der Waals surface area contributed by atoms with Gasteiger partial charge in [0.15, 0.2) is 0 Å². The van der Waals surface area contributed by atoms with Crippen LogP contribution in [-0.4, -0.2) is 18.2 Å². The first-order chi connectivity index (χ1) is 10.3. The van der Waals surface area contributed by atoms with E-state index in [1.807, 2.05) is 20.9 Å². The van der Waals surface area contributed by atoms with Gasteiger partial charge in [0, 0.05) is 12.1 Å². The average molecular weight is 342 g/mol. The van der Waals surface area contributed by atoms with Crippen LogP contribution in [0.4, 0.5) is 5.69 Å². The fourth-order valence-electron chi connectivity index (χ4n) is 2.37. The molecule has 1 N–H and O–H groups in total. The molecule has 0 fully saturated rings. The van der Waals surface area contributed by atoms with E-state index in [0.717, 1.165) is 17.0 Å². The van der Waals surface area contributed by atoms with Crippen molar-refractivity contribution in [2.24, 2.45) is 7.05 Å². The topological polar surface area (TPSA) is 64.0 Å². The monoisotopic (exact) mass is 341 g/mol. The van der Waals surface area contributed by atoms with E-state index >= 15 is 0 Å². The van der Waals surface area contributed by atoms with E-state index in [2.05, 4.69) is 9.82 Å². The van der Waals surface area contributed by atoms with Gasteiger partial charge < -0.3 is 0 Å². The van der Waals surface area contributed by atoms with Crippen LogP contribution in [-0.2, 0) is 29.9 Å². The summed E-state index contributed by atoms with van der Waals surface area (Å²) in [5.41, 5.74) is 2.92. The number of nitrogens with zero attached hydrogens (tertiary/aromatic N) is 2. The minimum Gasteiger partial charge on any atom is -0.276 e. The van der Waals surface area contributed by atoms with Gasteiger partial charge in [0.25, 0.3) is 10.0 Å². The number of sulfonamides is 1. The molecule has 7 heteroatoms. The van der Waals surface area contributed by atoms with Gasteiger partial charge in [-0.05, 0) is 43.5 Å². The average Bonchev–Trinajstić information content (AvgIpc) is 2.76. The molecule has 2 rings (SSSR count). The number of hydrogen-bond donors (Lipinski definition) is 1. The highest BCUT2D eigenvalue weighted by atomic mass is 35.5. The number of benzene rings is 1. The van der Waals surface area contributed by atoms with Crippen LogP contribution >= 0.6 is 11.6 Å². The number of aryl methyl sites for hydroxylation is 3. The Hall–Kier alpha value is -1.53. The minimum atomic E-state index is -3.67. The molecule has 0 saturated carbocycles. The molecule has 0 bridgehead atoms. The molecule has 5 nitrogen and oxygen atoms in total. The number of rotatable bonds is 5. The summed E-state index contributed by atoms with van der Waals surface area (Å²) >= 11 is 5.96. The Bertz CT molecular complexity index is 797. The van der Waals surface area contributed by atoms with Gasteiger partial charge in [0.1, 0.15) is 0 Å². The van der Waals surface area contributed by atoms with E-state index in [4.69, 9.17) is 11.6 Å². The third kappa shape index (κ3) is 3.13.